The molecule has 1 fully saturated rings. The number of nitrogens with one attached hydrogen (secondary N) is 2. The highest BCUT2D eigenvalue weighted by Crippen LogP contribution is 2.19. The first kappa shape index (κ1) is 22.8. The normalized spacial score (nSPS) is 20.1. The SMILES string of the molecule is CC(C)C[C@H](NC(=O)[C@@H]1CCCN1C(=O)[C@@H](N)[C@@H](C)O)C(=O)NCC(=O)O. The van der Waals surface area contributed by atoms with E-state index in [0.29, 0.717) is 25.8 Å². The molecular weight excluding hydrogens is 356 g/mol. The number of hydrogen-bond acceptors (Lipinski definition) is 6. The highest BCUT2D eigenvalue weighted by Gasteiger charge is 2.38. The number of aliphatic hydroxyl groups excluding tert-OH is 1. The summed E-state index contributed by atoms with van der Waals surface area (Å²) >= 11 is 0. The standard InChI is InChI=1S/C17H30N4O6/c1-9(2)7-11(15(25)19-8-13(23)24)20-16(26)12-5-4-6-21(12)17(27)14(18)10(3)22/h9-12,14,22H,4-8,18H2,1-3H3,(H,19,25)(H,20,26)(H,23,24)/t10-,11+,12+,14+/m1/s1. The fraction of sp³-hybridized carbons (Fsp3) is 0.765. The summed E-state index contributed by atoms with van der Waals surface area (Å²) in [6.07, 6.45) is 0.314. The monoisotopic (exact) mass is 386 g/mol. The van der Waals surface area contributed by atoms with Crippen molar-refractivity contribution in [3.8, 4) is 0 Å². The van der Waals surface area contributed by atoms with Crippen LogP contribution >= 0.6 is 0 Å². The molecule has 4 atom stereocenters. The summed E-state index contributed by atoms with van der Waals surface area (Å²) < 4.78 is 0. The predicted octanol–water partition coefficient (Wildman–Crippen LogP) is -1.58. The molecule has 1 heterocycles. The second-order valence-electron chi connectivity index (χ2n) is 7.26. The maximum absolute atomic E-state index is 12.7. The molecule has 10 heteroatoms. The number of likely N-dealkylation sites (tertiary alicyclic amines) is 1. The van der Waals surface area contributed by atoms with Crippen LogP contribution in [0.4, 0.5) is 0 Å². The third-order valence-electron chi connectivity index (χ3n) is 4.40. The molecule has 1 aliphatic heterocycles. The Labute approximate surface area is 158 Å². The van der Waals surface area contributed by atoms with Gasteiger partial charge in [0.25, 0.3) is 0 Å². The highest BCUT2D eigenvalue weighted by molar-refractivity contribution is 5.94. The maximum atomic E-state index is 12.7. The number of rotatable bonds is 9. The number of nitrogens with two attached hydrogens (primary N) is 1. The van der Waals surface area contributed by atoms with E-state index in [-0.39, 0.29) is 5.92 Å². The van der Waals surface area contributed by atoms with Crippen molar-refractivity contribution in [2.45, 2.75) is 64.3 Å². The van der Waals surface area contributed by atoms with Crippen LogP contribution in [0.5, 0.6) is 0 Å². The lowest BCUT2D eigenvalue weighted by molar-refractivity contribution is -0.142. The van der Waals surface area contributed by atoms with E-state index in [1.165, 1.54) is 11.8 Å². The van der Waals surface area contributed by atoms with Crippen LogP contribution in [0.25, 0.3) is 0 Å². The minimum Gasteiger partial charge on any atom is -0.480 e. The van der Waals surface area contributed by atoms with Gasteiger partial charge in [-0.25, -0.2) is 0 Å². The fourth-order valence-electron chi connectivity index (χ4n) is 2.96. The number of nitrogens with zero attached hydrogens (tertiary/aromatic N) is 1. The van der Waals surface area contributed by atoms with Gasteiger partial charge in [0.05, 0.1) is 6.10 Å². The first-order valence-corrected chi connectivity index (χ1v) is 9.08. The number of carbonyl (C=O) groups is 4. The van der Waals surface area contributed by atoms with Crippen molar-refractivity contribution >= 4 is 23.7 Å². The Hall–Kier alpha value is -2.20. The second-order valence-corrected chi connectivity index (χ2v) is 7.26. The Kier molecular flexibility index (Phi) is 8.64. The zero-order chi connectivity index (χ0) is 20.7. The topological polar surface area (TPSA) is 162 Å². The van der Waals surface area contributed by atoms with Gasteiger partial charge in [0, 0.05) is 6.54 Å². The third kappa shape index (κ3) is 6.79. The summed E-state index contributed by atoms with van der Waals surface area (Å²) in [7, 11) is 0. The summed E-state index contributed by atoms with van der Waals surface area (Å²) in [5.41, 5.74) is 5.69. The summed E-state index contributed by atoms with van der Waals surface area (Å²) in [4.78, 5) is 49.3. The van der Waals surface area contributed by atoms with Crippen molar-refractivity contribution in [3.63, 3.8) is 0 Å². The first-order chi connectivity index (χ1) is 12.5. The molecule has 10 nitrogen and oxygen atoms in total. The summed E-state index contributed by atoms with van der Waals surface area (Å²) in [6.45, 7) is 4.95. The van der Waals surface area contributed by atoms with Gasteiger partial charge in [-0.3, -0.25) is 19.2 Å². The van der Waals surface area contributed by atoms with Gasteiger partial charge in [-0.05, 0) is 32.1 Å². The summed E-state index contributed by atoms with van der Waals surface area (Å²) in [5.74, 6) is -2.70. The first-order valence-electron chi connectivity index (χ1n) is 9.08. The molecule has 0 saturated carbocycles. The molecule has 0 aliphatic carbocycles. The van der Waals surface area contributed by atoms with E-state index in [1.807, 2.05) is 13.8 Å². The average Bonchev–Trinajstić information content (AvgIpc) is 3.06. The Morgan fingerprint density at radius 1 is 1.22 bits per heavy atom. The van der Waals surface area contributed by atoms with Crippen molar-refractivity contribution in [3.05, 3.63) is 0 Å². The minimum atomic E-state index is -1.18. The zero-order valence-corrected chi connectivity index (χ0v) is 16.0. The molecule has 0 aromatic rings. The van der Waals surface area contributed by atoms with Gasteiger partial charge in [-0.15, -0.1) is 0 Å². The molecule has 0 spiro atoms. The number of aliphatic carboxylic acids is 1. The molecule has 1 aliphatic rings. The highest BCUT2D eigenvalue weighted by atomic mass is 16.4. The Morgan fingerprint density at radius 3 is 2.37 bits per heavy atom. The van der Waals surface area contributed by atoms with Crippen LogP contribution in [0.1, 0.15) is 40.0 Å². The fourth-order valence-corrected chi connectivity index (χ4v) is 2.96. The van der Waals surface area contributed by atoms with E-state index in [4.69, 9.17) is 10.8 Å². The van der Waals surface area contributed by atoms with Crippen LogP contribution < -0.4 is 16.4 Å². The van der Waals surface area contributed by atoms with Gasteiger partial charge >= 0.3 is 5.97 Å². The van der Waals surface area contributed by atoms with Crippen LogP contribution in [0.3, 0.4) is 0 Å². The van der Waals surface area contributed by atoms with Gasteiger partial charge in [-0.1, -0.05) is 13.8 Å². The van der Waals surface area contributed by atoms with E-state index in [0.717, 1.165) is 0 Å². The molecule has 0 aromatic carbocycles. The Morgan fingerprint density at radius 2 is 1.85 bits per heavy atom. The van der Waals surface area contributed by atoms with E-state index in [9.17, 15) is 24.3 Å². The maximum Gasteiger partial charge on any atom is 0.322 e. The Bertz CT molecular complexity index is 566. The molecule has 0 unspecified atom stereocenters. The lowest BCUT2D eigenvalue weighted by atomic mass is 10.0. The van der Waals surface area contributed by atoms with Crippen molar-refractivity contribution < 1.29 is 29.4 Å². The Balaban J connectivity index is 2.82. The van der Waals surface area contributed by atoms with Crippen molar-refractivity contribution in [1.82, 2.24) is 15.5 Å². The molecule has 1 saturated heterocycles. The molecule has 154 valence electrons. The summed E-state index contributed by atoms with van der Waals surface area (Å²) in [6, 6.07) is -2.80. The van der Waals surface area contributed by atoms with E-state index < -0.39 is 54.5 Å². The lowest BCUT2D eigenvalue weighted by Crippen LogP contribution is -2.57. The van der Waals surface area contributed by atoms with E-state index in [2.05, 4.69) is 10.6 Å². The molecule has 0 bridgehead atoms. The number of carboxylic acids is 1. The van der Waals surface area contributed by atoms with Crippen LogP contribution in [0.15, 0.2) is 0 Å². The molecule has 1 rings (SSSR count). The molecule has 0 radical (unpaired) electrons. The van der Waals surface area contributed by atoms with Gasteiger partial charge in [0.2, 0.25) is 17.7 Å². The van der Waals surface area contributed by atoms with Crippen molar-refractivity contribution in [2.75, 3.05) is 13.1 Å². The molecule has 6 N–H and O–H groups in total. The van der Waals surface area contributed by atoms with Crippen LogP contribution in [-0.4, -0.2) is 76.1 Å². The van der Waals surface area contributed by atoms with Gasteiger partial charge < -0.3 is 31.5 Å². The average molecular weight is 386 g/mol. The third-order valence-corrected chi connectivity index (χ3v) is 4.40. The number of carbonyl (C=O) groups excluding carboxylic acids is 3. The van der Waals surface area contributed by atoms with Crippen LogP contribution in [0.2, 0.25) is 0 Å². The van der Waals surface area contributed by atoms with Gasteiger partial charge in [0.1, 0.15) is 24.7 Å². The zero-order valence-electron chi connectivity index (χ0n) is 16.0. The van der Waals surface area contributed by atoms with Crippen LogP contribution in [0, 0.1) is 5.92 Å². The summed E-state index contributed by atoms with van der Waals surface area (Å²) in [5, 5.41) is 23.1. The number of carboxylic acid groups (broad SMARTS) is 1. The second kappa shape index (κ2) is 10.2. The van der Waals surface area contributed by atoms with E-state index >= 15 is 0 Å². The molecule has 27 heavy (non-hydrogen) atoms. The number of amides is 3. The minimum absolute atomic E-state index is 0.0795. The molecule has 0 aromatic heterocycles. The number of hydrogen-bond donors (Lipinski definition) is 5. The van der Waals surface area contributed by atoms with Crippen LogP contribution in [-0.2, 0) is 19.2 Å². The van der Waals surface area contributed by atoms with Crippen molar-refractivity contribution in [2.24, 2.45) is 11.7 Å². The van der Waals surface area contributed by atoms with E-state index in [1.54, 1.807) is 0 Å². The predicted molar refractivity (Wildman–Crippen MR) is 96.4 cm³/mol. The van der Waals surface area contributed by atoms with Gasteiger partial charge in [-0.2, -0.15) is 0 Å². The number of aliphatic hydroxyl groups is 1. The largest absolute Gasteiger partial charge is 0.480 e. The lowest BCUT2D eigenvalue weighted by Gasteiger charge is -2.29. The van der Waals surface area contributed by atoms with Gasteiger partial charge in [0.15, 0.2) is 0 Å². The smallest absolute Gasteiger partial charge is 0.322 e. The van der Waals surface area contributed by atoms with Crippen molar-refractivity contribution in [1.29, 1.82) is 0 Å². The molecular formula is C17H30N4O6. The molecule has 3 amide bonds. The quantitative estimate of drug-likeness (QED) is 0.319.